The molecule has 0 bridgehead atoms. The number of nitrogens with zero attached hydrogens (tertiary/aromatic N) is 2. The molecule has 2 N–H and O–H groups in total. The highest BCUT2D eigenvalue weighted by atomic mass is 16.5. The number of hydrogen-bond donors (Lipinski definition) is 2. The molecule has 2 heterocycles. The molecule has 2 aliphatic rings. The second-order valence-corrected chi connectivity index (χ2v) is 13.5. The summed E-state index contributed by atoms with van der Waals surface area (Å²) in [4.78, 5) is 59.5. The average Bonchev–Trinajstić information content (AvgIpc) is 3.48. The number of pyridine rings is 1. The number of rotatable bonds is 11. The highest BCUT2D eigenvalue weighted by Gasteiger charge is 2.53. The van der Waals surface area contributed by atoms with Crippen LogP contribution in [-0.2, 0) is 23.9 Å². The summed E-state index contributed by atoms with van der Waals surface area (Å²) in [7, 11) is 1.58. The standard InChI is InChI=1S/C37H43N3O8/c1-7-47-35(45)37(16-15-22(37)2)39-33(43)30-18-25(21-40(30)34(44)27(19-32(41)42)36(3,4)5)48-31-20-28(23-11-9-8-10-12-23)38-29-17-24(46-6)13-14-26(29)31/h8-14,17,20,25,27,30H,2,7,15-16,18-19,21H2,1,3-6H3,(H,39,43)(H,41,42)/t25-,27-,30+,37?/m1/s1. The van der Waals surface area contributed by atoms with Gasteiger partial charge in [0, 0.05) is 29.5 Å². The van der Waals surface area contributed by atoms with Crippen LogP contribution in [0.25, 0.3) is 22.2 Å². The van der Waals surface area contributed by atoms with E-state index in [2.05, 4.69) is 11.9 Å². The first-order chi connectivity index (χ1) is 22.8. The third kappa shape index (κ3) is 6.86. The zero-order chi connectivity index (χ0) is 34.8. The van der Waals surface area contributed by atoms with Gasteiger partial charge in [-0.1, -0.05) is 57.7 Å². The van der Waals surface area contributed by atoms with E-state index in [0.717, 1.165) is 5.56 Å². The molecule has 1 aromatic heterocycles. The van der Waals surface area contributed by atoms with E-state index in [1.165, 1.54) is 4.90 Å². The van der Waals surface area contributed by atoms with Gasteiger partial charge in [-0.15, -0.1) is 0 Å². The predicted molar refractivity (Wildman–Crippen MR) is 179 cm³/mol. The summed E-state index contributed by atoms with van der Waals surface area (Å²) in [6.07, 6.45) is -0.0656. The van der Waals surface area contributed by atoms with Gasteiger partial charge in [0.15, 0.2) is 5.54 Å². The number of amides is 2. The number of hydrogen-bond acceptors (Lipinski definition) is 8. The largest absolute Gasteiger partial charge is 0.497 e. The van der Waals surface area contributed by atoms with Gasteiger partial charge in [-0.3, -0.25) is 14.4 Å². The summed E-state index contributed by atoms with van der Waals surface area (Å²) in [6, 6.07) is 15.9. The van der Waals surface area contributed by atoms with Crippen LogP contribution in [0.1, 0.15) is 53.4 Å². The van der Waals surface area contributed by atoms with Crippen molar-refractivity contribution in [1.82, 2.24) is 15.2 Å². The van der Waals surface area contributed by atoms with Crippen molar-refractivity contribution in [2.45, 2.75) is 71.1 Å². The number of likely N-dealkylation sites (tertiary alicyclic amines) is 1. The van der Waals surface area contributed by atoms with Crippen molar-refractivity contribution in [1.29, 1.82) is 0 Å². The molecule has 254 valence electrons. The molecular weight excluding hydrogens is 614 g/mol. The lowest BCUT2D eigenvalue weighted by atomic mass is 9.72. The minimum Gasteiger partial charge on any atom is -0.497 e. The van der Waals surface area contributed by atoms with Gasteiger partial charge in [0.1, 0.15) is 23.6 Å². The summed E-state index contributed by atoms with van der Waals surface area (Å²) >= 11 is 0. The number of carbonyl (C=O) groups is 4. The molecule has 1 saturated heterocycles. The Hall–Kier alpha value is -4.93. The van der Waals surface area contributed by atoms with Crippen molar-refractivity contribution in [2.75, 3.05) is 20.3 Å². The third-order valence-electron chi connectivity index (χ3n) is 9.28. The normalized spacial score (nSPS) is 21.3. The summed E-state index contributed by atoms with van der Waals surface area (Å²) in [5.41, 5.74) is 0.619. The third-order valence-corrected chi connectivity index (χ3v) is 9.28. The molecular formula is C37H43N3O8. The van der Waals surface area contributed by atoms with E-state index in [0.29, 0.717) is 46.5 Å². The van der Waals surface area contributed by atoms with Crippen molar-refractivity contribution >= 4 is 34.7 Å². The van der Waals surface area contributed by atoms with Gasteiger partial charge in [-0.25, -0.2) is 9.78 Å². The fourth-order valence-electron chi connectivity index (χ4n) is 6.40. The fraction of sp³-hybridized carbons (Fsp3) is 0.432. The molecule has 48 heavy (non-hydrogen) atoms. The molecule has 1 aliphatic carbocycles. The first kappa shape index (κ1) is 34.4. The Balaban J connectivity index is 1.52. The van der Waals surface area contributed by atoms with E-state index >= 15 is 0 Å². The quantitative estimate of drug-likeness (QED) is 0.211. The second-order valence-electron chi connectivity index (χ2n) is 13.5. The molecule has 11 nitrogen and oxygen atoms in total. The zero-order valence-corrected chi connectivity index (χ0v) is 28.1. The lowest BCUT2D eigenvalue weighted by Gasteiger charge is -2.43. The highest BCUT2D eigenvalue weighted by molar-refractivity contribution is 5.97. The molecule has 11 heteroatoms. The van der Waals surface area contributed by atoms with Crippen molar-refractivity contribution in [3.8, 4) is 22.8 Å². The van der Waals surface area contributed by atoms with E-state index < -0.39 is 59.2 Å². The van der Waals surface area contributed by atoms with Crippen LogP contribution in [0.5, 0.6) is 11.5 Å². The fourth-order valence-corrected chi connectivity index (χ4v) is 6.40. The summed E-state index contributed by atoms with van der Waals surface area (Å²) < 4.78 is 17.4. The summed E-state index contributed by atoms with van der Waals surface area (Å²) in [6.45, 7) is 11.2. The number of carboxylic acids is 1. The Bertz CT molecular complexity index is 1730. The molecule has 5 rings (SSSR count). The molecule has 2 amide bonds. The monoisotopic (exact) mass is 657 g/mol. The van der Waals surface area contributed by atoms with E-state index in [4.69, 9.17) is 19.2 Å². The molecule has 3 aromatic rings. The van der Waals surface area contributed by atoms with Gasteiger partial charge >= 0.3 is 11.9 Å². The van der Waals surface area contributed by atoms with Crippen LogP contribution in [0, 0.1) is 11.3 Å². The van der Waals surface area contributed by atoms with Crippen molar-refractivity contribution in [3.63, 3.8) is 0 Å². The Labute approximate surface area is 280 Å². The number of carboxylic acid groups (broad SMARTS) is 1. The number of carbonyl (C=O) groups excluding carboxylic acids is 3. The zero-order valence-electron chi connectivity index (χ0n) is 28.1. The molecule has 4 atom stereocenters. The lowest BCUT2D eigenvalue weighted by Crippen LogP contribution is -2.64. The number of aliphatic carboxylic acids is 1. The number of ether oxygens (including phenoxy) is 3. The molecule has 0 spiro atoms. The maximum Gasteiger partial charge on any atom is 0.336 e. The number of methoxy groups -OCH3 is 1. The molecule has 1 saturated carbocycles. The van der Waals surface area contributed by atoms with Crippen molar-refractivity contribution < 1.29 is 38.5 Å². The van der Waals surface area contributed by atoms with Crippen LogP contribution >= 0.6 is 0 Å². The summed E-state index contributed by atoms with van der Waals surface area (Å²) in [5, 5.41) is 13.3. The minimum atomic E-state index is -1.38. The Kier molecular flexibility index (Phi) is 9.79. The highest BCUT2D eigenvalue weighted by Crippen LogP contribution is 2.40. The van der Waals surface area contributed by atoms with Gasteiger partial charge in [0.05, 0.1) is 43.8 Å². The smallest absolute Gasteiger partial charge is 0.336 e. The Morgan fingerprint density at radius 3 is 2.44 bits per heavy atom. The first-order valence-electron chi connectivity index (χ1n) is 16.2. The molecule has 2 aromatic carbocycles. The minimum absolute atomic E-state index is 0.0249. The van der Waals surface area contributed by atoms with Crippen LogP contribution in [0.15, 0.2) is 66.7 Å². The molecule has 1 aliphatic heterocycles. The van der Waals surface area contributed by atoms with Crippen LogP contribution in [-0.4, -0.2) is 76.7 Å². The number of esters is 1. The van der Waals surface area contributed by atoms with Crippen LogP contribution in [0.3, 0.4) is 0 Å². The topological polar surface area (TPSA) is 144 Å². The Morgan fingerprint density at radius 1 is 1.12 bits per heavy atom. The van der Waals surface area contributed by atoms with Crippen LogP contribution < -0.4 is 14.8 Å². The summed E-state index contributed by atoms with van der Waals surface area (Å²) in [5.74, 6) is -2.52. The predicted octanol–water partition coefficient (Wildman–Crippen LogP) is 5.16. The SMILES string of the molecule is C=C1CCC1(NC(=O)[C@@H]1C[C@@H](Oc2cc(-c3ccccc3)nc3cc(OC)ccc23)CN1C(=O)[C@@H](CC(=O)O)C(C)(C)C)C(=O)OCC. The average molecular weight is 658 g/mol. The van der Waals surface area contributed by atoms with E-state index in [-0.39, 0.29) is 19.6 Å². The molecule has 1 unspecified atom stereocenters. The second kappa shape index (κ2) is 13.7. The lowest BCUT2D eigenvalue weighted by molar-refractivity contribution is -0.155. The van der Waals surface area contributed by atoms with Crippen molar-refractivity contribution in [3.05, 3.63) is 66.7 Å². The van der Waals surface area contributed by atoms with Gasteiger partial charge in [-0.2, -0.15) is 0 Å². The van der Waals surface area contributed by atoms with Crippen molar-refractivity contribution in [2.24, 2.45) is 11.3 Å². The van der Waals surface area contributed by atoms with E-state index in [1.807, 2.05) is 48.5 Å². The Morgan fingerprint density at radius 2 is 1.85 bits per heavy atom. The van der Waals surface area contributed by atoms with Gasteiger partial charge in [0.25, 0.3) is 0 Å². The van der Waals surface area contributed by atoms with Gasteiger partial charge < -0.3 is 29.5 Å². The maximum atomic E-state index is 14.2. The number of aromatic nitrogens is 1. The van der Waals surface area contributed by atoms with Gasteiger partial charge in [0.2, 0.25) is 11.8 Å². The van der Waals surface area contributed by atoms with Crippen LogP contribution in [0.2, 0.25) is 0 Å². The van der Waals surface area contributed by atoms with Crippen LogP contribution in [0.4, 0.5) is 0 Å². The first-order valence-corrected chi connectivity index (χ1v) is 16.2. The maximum absolute atomic E-state index is 14.2. The number of nitrogens with one attached hydrogen (secondary N) is 1. The molecule has 0 radical (unpaired) electrons. The number of fused-ring (bicyclic) bond motifs is 1. The molecule has 2 fully saturated rings. The van der Waals surface area contributed by atoms with E-state index in [1.54, 1.807) is 40.9 Å². The van der Waals surface area contributed by atoms with Gasteiger partial charge in [-0.05, 0) is 42.9 Å². The van der Waals surface area contributed by atoms with E-state index in [9.17, 15) is 24.3 Å². The number of benzene rings is 2.